The zero-order valence-corrected chi connectivity index (χ0v) is 14.6. The van der Waals surface area contributed by atoms with E-state index in [-0.39, 0.29) is 0 Å². The normalized spacial score (nSPS) is 11.4. The summed E-state index contributed by atoms with van der Waals surface area (Å²) in [4.78, 5) is 11.9. The highest BCUT2D eigenvalue weighted by Crippen LogP contribution is 2.29. The smallest absolute Gasteiger partial charge is 0.331 e. The zero-order valence-electron chi connectivity index (χ0n) is 13.1. The number of halogens is 2. The molecule has 0 bridgehead atoms. The Bertz CT molecular complexity index is 698. The van der Waals surface area contributed by atoms with Crippen molar-refractivity contribution in [2.75, 3.05) is 6.61 Å². The molecule has 0 saturated carbocycles. The van der Waals surface area contributed by atoms with Crippen LogP contribution in [0.4, 0.5) is 0 Å². The minimum atomic E-state index is -0.391. The maximum atomic E-state index is 11.9. The second-order valence-electron chi connectivity index (χ2n) is 5.02. The Morgan fingerprint density at radius 3 is 2.13 bits per heavy atom. The van der Waals surface area contributed by atoms with Gasteiger partial charge in [0.15, 0.2) is 0 Å². The van der Waals surface area contributed by atoms with Gasteiger partial charge in [-0.15, -0.1) is 0 Å². The molecule has 0 aliphatic rings. The van der Waals surface area contributed by atoms with E-state index in [9.17, 15) is 4.79 Å². The average Bonchev–Trinajstić information content (AvgIpc) is 2.52. The molecule has 2 rings (SSSR count). The minimum Gasteiger partial charge on any atom is -0.463 e. The number of hydrogen-bond acceptors (Lipinski definition) is 2. The monoisotopic (exact) mass is 348 g/mol. The number of hydrogen-bond donors (Lipinski definition) is 0. The number of esters is 1. The summed E-state index contributed by atoms with van der Waals surface area (Å²) in [6.45, 7) is 4.20. The lowest BCUT2D eigenvalue weighted by Crippen LogP contribution is -2.02. The SMILES string of the molecule is CCOC(=O)/C=C(/c1ccc(CC)cc1)c1cc(Cl)cc(Cl)c1. The lowest BCUT2D eigenvalue weighted by molar-refractivity contribution is -0.137. The molecule has 0 aliphatic heterocycles. The van der Waals surface area contributed by atoms with Crippen molar-refractivity contribution in [2.45, 2.75) is 20.3 Å². The van der Waals surface area contributed by atoms with Crippen LogP contribution < -0.4 is 0 Å². The molecule has 2 nitrogen and oxygen atoms in total. The van der Waals surface area contributed by atoms with Crippen LogP contribution in [0.15, 0.2) is 48.5 Å². The summed E-state index contributed by atoms with van der Waals surface area (Å²) in [5.74, 6) is -0.391. The maximum absolute atomic E-state index is 11.9. The summed E-state index contributed by atoms with van der Waals surface area (Å²) in [5, 5.41) is 1.04. The van der Waals surface area contributed by atoms with Crippen molar-refractivity contribution >= 4 is 34.7 Å². The predicted molar refractivity (Wildman–Crippen MR) is 96.0 cm³/mol. The van der Waals surface area contributed by atoms with Crippen molar-refractivity contribution in [3.05, 3.63) is 75.3 Å². The van der Waals surface area contributed by atoms with Gasteiger partial charge in [-0.05, 0) is 53.8 Å². The van der Waals surface area contributed by atoms with Crippen LogP contribution in [0.25, 0.3) is 5.57 Å². The molecule has 0 aromatic heterocycles. The van der Waals surface area contributed by atoms with Gasteiger partial charge in [0.05, 0.1) is 6.61 Å². The van der Waals surface area contributed by atoms with Gasteiger partial charge in [-0.2, -0.15) is 0 Å². The summed E-state index contributed by atoms with van der Waals surface area (Å²) >= 11 is 12.2. The highest BCUT2D eigenvalue weighted by Gasteiger charge is 2.10. The molecule has 0 saturated heterocycles. The highest BCUT2D eigenvalue weighted by atomic mass is 35.5. The Morgan fingerprint density at radius 2 is 1.61 bits per heavy atom. The van der Waals surface area contributed by atoms with Crippen LogP contribution in [-0.2, 0) is 16.0 Å². The van der Waals surface area contributed by atoms with Crippen LogP contribution in [0.2, 0.25) is 10.0 Å². The fraction of sp³-hybridized carbons (Fsp3) is 0.211. The van der Waals surface area contributed by atoms with Gasteiger partial charge in [0.25, 0.3) is 0 Å². The minimum absolute atomic E-state index is 0.327. The topological polar surface area (TPSA) is 26.3 Å². The van der Waals surface area contributed by atoms with Crippen molar-refractivity contribution in [2.24, 2.45) is 0 Å². The number of benzene rings is 2. The molecule has 4 heteroatoms. The summed E-state index contributed by atoms with van der Waals surface area (Å²) in [7, 11) is 0. The lowest BCUT2D eigenvalue weighted by Gasteiger charge is -2.10. The summed E-state index contributed by atoms with van der Waals surface area (Å²) in [5.41, 5.74) is 3.65. The number of rotatable bonds is 5. The Balaban J connectivity index is 2.52. The van der Waals surface area contributed by atoms with Gasteiger partial charge in [-0.3, -0.25) is 0 Å². The number of carbonyl (C=O) groups excluding carboxylic acids is 1. The van der Waals surface area contributed by atoms with Gasteiger partial charge in [-0.1, -0.05) is 54.4 Å². The fourth-order valence-corrected chi connectivity index (χ4v) is 2.79. The molecule has 0 unspecified atom stereocenters. The number of aryl methyl sites for hydroxylation is 1. The summed E-state index contributed by atoms with van der Waals surface area (Å²) < 4.78 is 5.04. The molecule has 0 N–H and O–H groups in total. The van der Waals surface area contributed by atoms with Crippen LogP contribution in [0.1, 0.15) is 30.5 Å². The van der Waals surface area contributed by atoms with E-state index in [1.165, 1.54) is 11.6 Å². The van der Waals surface area contributed by atoms with Crippen molar-refractivity contribution in [3.8, 4) is 0 Å². The Labute approximate surface area is 146 Å². The van der Waals surface area contributed by atoms with Crippen molar-refractivity contribution in [1.82, 2.24) is 0 Å². The van der Waals surface area contributed by atoms with Gasteiger partial charge in [0.2, 0.25) is 0 Å². The molecule has 0 aliphatic carbocycles. The molecule has 0 amide bonds. The van der Waals surface area contributed by atoms with E-state index in [1.807, 2.05) is 24.3 Å². The molecule has 0 atom stereocenters. The first kappa shape index (κ1) is 17.6. The lowest BCUT2D eigenvalue weighted by atomic mass is 9.96. The van der Waals surface area contributed by atoms with E-state index in [0.29, 0.717) is 16.7 Å². The van der Waals surface area contributed by atoms with Crippen molar-refractivity contribution in [1.29, 1.82) is 0 Å². The average molecular weight is 349 g/mol. The van der Waals surface area contributed by atoms with E-state index < -0.39 is 5.97 Å². The van der Waals surface area contributed by atoms with Gasteiger partial charge >= 0.3 is 5.97 Å². The van der Waals surface area contributed by atoms with Gasteiger partial charge in [0.1, 0.15) is 0 Å². The van der Waals surface area contributed by atoms with E-state index in [4.69, 9.17) is 27.9 Å². The van der Waals surface area contributed by atoms with Crippen LogP contribution in [0.3, 0.4) is 0 Å². The first-order valence-corrected chi connectivity index (χ1v) is 8.23. The highest BCUT2D eigenvalue weighted by molar-refractivity contribution is 6.35. The molecule has 120 valence electrons. The molecule has 0 radical (unpaired) electrons. The first-order chi connectivity index (χ1) is 11.0. The predicted octanol–water partition coefficient (Wildman–Crippen LogP) is 5.55. The Hall–Kier alpha value is -1.77. The van der Waals surface area contributed by atoms with Crippen molar-refractivity contribution < 1.29 is 9.53 Å². The summed E-state index contributed by atoms with van der Waals surface area (Å²) in [6, 6.07) is 13.3. The summed E-state index contributed by atoms with van der Waals surface area (Å²) in [6.07, 6.45) is 2.44. The van der Waals surface area contributed by atoms with Crippen LogP contribution in [0, 0.1) is 0 Å². The van der Waals surface area contributed by atoms with Crippen molar-refractivity contribution in [3.63, 3.8) is 0 Å². The molecular formula is C19H18Cl2O2. The second-order valence-corrected chi connectivity index (χ2v) is 5.89. The molecule has 0 heterocycles. The fourth-order valence-electron chi connectivity index (χ4n) is 2.26. The largest absolute Gasteiger partial charge is 0.463 e. The van der Waals surface area contributed by atoms with E-state index in [0.717, 1.165) is 23.1 Å². The van der Waals surface area contributed by atoms with Crippen LogP contribution in [-0.4, -0.2) is 12.6 Å². The number of carbonyl (C=O) groups is 1. The zero-order chi connectivity index (χ0) is 16.8. The molecule has 2 aromatic rings. The maximum Gasteiger partial charge on any atom is 0.331 e. The standard InChI is InChI=1S/C19H18Cl2O2/c1-3-13-5-7-14(8-6-13)18(12-19(22)23-4-2)15-9-16(20)11-17(21)10-15/h5-12H,3-4H2,1-2H3/b18-12-. The van der Waals surface area contributed by atoms with E-state index in [2.05, 4.69) is 6.92 Å². The third kappa shape index (κ3) is 4.85. The van der Waals surface area contributed by atoms with E-state index >= 15 is 0 Å². The first-order valence-electron chi connectivity index (χ1n) is 7.47. The van der Waals surface area contributed by atoms with Gasteiger partial charge < -0.3 is 4.74 Å². The second kappa shape index (κ2) is 8.19. The van der Waals surface area contributed by atoms with Gasteiger partial charge in [-0.25, -0.2) is 4.79 Å². The molecule has 23 heavy (non-hydrogen) atoms. The molecule has 2 aromatic carbocycles. The Kier molecular flexibility index (Phi) is 6.26. The molecule has 0 fully saturated rings. The third-order valence-electron chi connectivity index (χ3n) is 3.40. The number of ether oxygens (including phenoxy) is 1. The molecule has 0 spiro atoms. The Morgan fingerprint density at radius 1 is 1.00 bits per heavy atom. The third-order valence-corrected chi connectivity index (χ3v) is 3.83. The van der Waals surface area contributed by atoms with E-state index in [1.54, 1.807) is 25.1 Å². The van der Waals surface area contributed by atoms with Crippen LogP contribution >= 0.6 is 23.2 Å². The quantitative estimate of drug-likeness (QED) is 0.522. The van der Waals surface area contributed by atoms with Gasteiger partial charge in [0, 0.05) is 16.1 Å². The molecular weight excluding hydrogens is 331 g/mol. The van der Waals surface area contributed by atoms with Crippen LogP contribution in [0.5, 0.6) is 0 Å².